The van der Waals surface area contributed by atoms with Gasteiger partial charge in [-0.05, 0) is 25.8 Å². The fourth-order valence-electron chi connectivity index (χ4n) is 3.20. The number of rotatable bonds is 2. The van der Waals surface area contributed by atoms with Gasteiger partial charge < -0.3 is 20.9 Å². The molecule has 0 radical (unpaired) electrons. The summed E-state index contributed by atoms with van der Waals surface area (Å²) in [6, 6.07) is -0.252. The molecule has 104 valence electrons. The van der Waals surface area contributed by atoms with Crippen molar-refractivity contribution in [1.82, 2.24) is 4.90 Å². The van der Waals surface area contributed by atoms with E-state index in [4.69, 9.17) is 14.6 Å². The molecular formula is C12H14NNaO6. The number of carboxylic acid groups (broad SMARTS) is 1. The molecule has 0 bridgehead atoms. The number of amides is 1. The number of β-lactam (4-membered cyclic amide) rings is 1. The van der Waals surface area contributed by atoms with E-state index in [-0.39, 0.29) is 55.2 Å². The number of ether oxygens (including phenoxy) is 2. The SMILES string of the molecule is CC1=C(C(=O)O)N2C(=O)C(C3(C)COC(=O)O3)C2C1.[H-].[Na+]. The molecule has 3 unspecified atom stereocenters. The summed E-state index contributed by atoms with van der Waals surface area (Å²) in [6.07, 6.45) is -0.291. The van der Waals surface area contributed by atoms with Gasteiger partial charge in [-0.2, -0.15) is 0 Å². The molecule has 7 nitrogen and oxygen atoms in total. The molecule has 3 rings (SSSR count). The van der Waals surface area contributed by atoms with E-state index in [1.807, 2.05) is 0 Å². The first-order chi connectivity index (χ1) is 8.85. The summed E-state index contributed by atoms with van der Waals surface area (Å²) in [5, 5.41) is 9.12. The molecule has 8 heteroatoms. The molecule has 3 atom stereocenters. The van der Waals surface area contributed by atoms with Crippen LogP contribution in [-0.2, 0) is 19.1 Å². The van der Waals surface area contributed by atoms with Crippen molar-refractivity contribution in [2.75, 3.05) is 6.61 Å². The summed E-state index contributed by atoms with van der Waals surface area (Å²) in [5.74, 6) is -1.96. The zero-order valence-corrected chi connectivity index (χ0v) is 13.5. The summed E-state index contributed by atoms with van der Waals surface area (Å²) in [7, 11) is 0. The number of carbonyl (C=O) groups excluding carboxylic acids is 2. The van der Waals surface area contributed by atoms with Gasteiger partial charge in [-0.3, -0.25) is 4.79 Å². The van der Waals surface area contributed by atoms with Gasteiger partial charge in [-0.15, -0.1) is 0 Å². The first-order valence-electron chi connectivity index (χ1n) is 5.97. The molecule has 2 fully saturated rings. The minimum absolute atomic E-state index is 0. The summed E-state index contributed by atoms with van der Waals surface area (Å²) >= 11 is 0. The Morgan fingerprint density at radius 2 is 2.15 bits per heavy atom. The summed E-state index contributed by atoms with van der Waals surface area (Å²) in [5.41, 5.74) is -0.272. The van der Waals surface area contributed by atoms with Gasteiger partial charge >= 0.3 is 41.7 Å². The van der Waals surface area contributed by atoms with E-state index in [0.717, 1.165) is 0 Å². The van der Waals surface area contributed by atoms with E-state index in [2.05, 4.69) is 0 Å². The van der Waals surface area contributed by atoms with Crippen molar-refractivity contribution in [3.05, 3.63) is 11.3 Å². The largest absolute Gasteiger partial charge is 1.00 e. The first-order valence-corrected chi connectivity index (χ1v) is 5.97. The van der Waals surface area contributed by atoms with Crippen LogP contribution in [0.25, 0.3) is 0 Å². The Balaban J connectivity index is 0.00000110. The average molecular weight is 291 g/mol. The molecule has 0 aromatic heterocycles. The summed E-state index contributed by atoms with van der Waals surface area (Å²) in [4.78, 5) is 35.7. The first kappa shape index (κ1) is 15.3. The third-order valence-corrected chi connectivity index (χ3v) is 4.03. The number of cyclic esters (lactones) is 2. The van der Waals surface area contributed by atoms with Crippen LogP contribution in [0.5, 0.6) is 0 Å². The van der Waals surface area contributed by atoms with Crippen molar-refractivity contribution in [3.8, 4) is 0 Å². The van der Waals surface area contributed by atoms with Crippen LogP contribution in [-0.4, -0.2) is 46.3 Å². The molecule has 0 aromatic carbocycles. The van der Waals surface area contributed by atoms with Gasteiger partial charge in [-0.1, -0.05) is 0 Å². The van der Waals surface area contributed by atoms with E-state index in [1.54, 1.807) is 13.8 Å². The number of aliphatic carboxylic acids is 1. The average Bonchev–Trinajstić information content (AvgIpc) is 2.78. The topological polar surface area (TPSA) is 93.1 Å². The molecule has 0 aliphatic carbocycles. The maximum atomic E-state index is 12.2. The van der Waals surface area contributed by atoms with E-state index in [0.29, 0.717) is 12.0 Å². The fourth-order valence-corrected chi connectivity index (χ4v) is 3.20. The molecular weight excluding hydrogens is 277 g/mol. The number of fused-ring (bicyclic) bond motifs is 1. The molecule has 3 aliphatic rings. The van der Waals surface area contributed by atoms with Gasteiger partial charge in [0, 0.05) is 0 Å². The van der Waals surface area contributed by atoms with Crippen molar-refractivity contribution < 1.29 is 59.9 Å². The maximum Gasteiger partial charge on any atom is 1.00 e. The van der Waals surface area contributed by atoms with E-state index < -0.39 is 23.6 Å². The standard InChI is InChI=1S/C12H13NO6.Na.H/c1-5-3-6-7(12(2)4-18-11(17)19-12)9(14)13(6)8(5)10(15)16;;/h6-7H,3-4H2,1-2H3,(H,15,16);;/q;+1;-1. The minimum Gasteiger partial charge on any atom is -1.00 e. The van der Waals surface area contributed by atoms with Gasteiger partial charge in [-0.25, -0.2) is 9.59 Å². The Kier molecular flexibility index (Phi) is 3.64. The van der Waals surface area contributed by atoms with Crippen molar-refractivity contribution >= 4 is 18.0 Å². The molecule has 0 aromatic rings. The third kappa shape index (κ3) is 1.88. The zero-order chi connectivity index (χ0) is 13.9. The normalized spacial score (nSPS) is 35.0. The van der Waals surface area contributed by atoms with Crippen LogP contribution in [0.4, 0.5) is 4.79 Å². The predicted octanol–water partition coefficient (Wildman–Crippen LogP) is -2.38. The van der Waals surface area contributed by atoms with Crippen LogP contribution < -0.4 is 29.6 Å². The number of carboxylic acids is 1. The van der Waals surface area contributed by atoms with Crippen LogP contribution in [0, 0.1) is 5.92 Å². The van der Waals surface area contributed by atoms with Crippen LogP contribution in [0.15, 0.2) is 11.3 Å². The van der Waals surface area contributed by atoms with Crippen molar-refractivity contribution in [1.29, 1.82) is 0 Å². The van der Waals surface area contributed by atoms with Crippen LogP contribution >= 0.6 is 0 Å². The minimum atomic E-state index is -1.10. The van der Waals surface area contributed by atoms with Gasteiger partial charge in [0.25, 0.3) is 0 Å². The molecule has 3 heterocycles. The fraction of sp³-hybridized carbons (Fsp3) is 0.583. The van der Waals surface area contributed by atoms with Crippen LogP contribution in [0.1, 0.15) is 21.7 Å². The molecule has 0 saturated carbocycles. The van der Waals surface area contributed by atoms with Gasteiger partial charge in [0.05, 0.1) is 6.04 Å². The van der Waals surface area contributed by atoms with E-state index >= 15 is 0 Å². The molecule has 3 aliphatic heterocycles. The molecule has 1 amide bonds. The monoisotopic (exact) mass is 291 g/mol. The molecule has 20 heavy (non-hydrogen) atoms. The number of hydrogen-bond donors (Lipinski definition) is 1. The second-order valence-electron chi connectivity index (χ2n) is 5.34. The quantitative estimate of drug-likeness (QED) is 0.347. The third-order valence-electron chi connectivity index (χ3n) is 4.03. The number of hydrogen-bond acceptors (Lipinski definition) is 5. The van der Waals surface area contributed by atoms with Crippen LogP contribution in [0.3, 0.4) is 0 Å². The Labute approximate surface area is 138 Å². The molecule has 0 spiro atoms. The van der Waals surface area contributed by atoms with Gasteiger partial charge in [0.15, 0.2) is 5.60 Å². The second-order valence-corrected chi connectivity index (χ2v) is 5.34. The Morgan fingerprint density at radius 1 is 1.50 bits per heavy atom. The van der Waals surface area contributed by atoms with Gasteiger partial charge in [0.2, 0.25) is 5.91 Å². The Bertz CT molecular complexity index is 550. The predicted molar refractivity (Wildman–Crippen MR) is 61.0 cm³/mol. The smallest absolute Gasteiger partial charge is 1.00 e. The second kappa shape index (κ2) is 4.75. The maximum absolute atomic E-state index is 12.2. The number of carbonyl (C=O) groups is 3. The van der Waals surface area contributed by atoms with E-state index in [1.165, 1.54) is 4.90 Å². The Morgan fingerprint density at radius 3 is 2.65 bits per heavy atom. The summed E-state index contributed by atoms with van der Waals surface area (Å²) in [6.45, 7) is 3.37. The van der Waals surface area contributed by atoms with Crippen molar-refractivity contribution in [2.45, 2.75) is 31.9 Å². The molecule has 1 N–H and O–H groups in total. The van der Waals surface area contributed by atoms with E-state index in [9.17, 15) is 14.4 Å². The number of nitrogens with zero attached hydrogens (tertiary/aromatic N) is 1. The van der Waals surface area contributed by atoms with Gasteiger partial charge in [0.1, 0.15) is 18.2 Å². The van der Waals surface area contributed by atoms with Crippen LogP contribution in [0.2, 0.25) is 0 Å². The van der Waals surface area contributed by atoms with Crippen molar-refractivity contribution in [3.63, 3.8) is 0 Å². The zero-order valence-electron chi connectivity index (χ0n) is 12.5. The Hall–Kier alpha value is -1.05. The van der Waals surface area contributed by atoms with Crippen molar-refractivity contribution in [2.24, 2.45) is 5.92 Å². The summed E-state index contributed by atoms with van der Waals surface area (Å²) < 4.78 is 9.85. The molecule has 2 saturated heterocycles.